The summed E-state index contributed by atoms with van der Waals surface area (Å²) in [4.78, 5) is 29.9. The second-order valence-corrected chi connectivity index (χ2v) is 33.7. The Kier molecular flexibility index (Phi) is 16.8. The molecule has 0 radical (unpaired) electrons. The summed E-state index contributed by atoms with van der Waals surface area (Å²) in [5.41, 5.74) is 29.4. The number of furan rings is 3. The Labute approximate surface area is 728 Å². The maximum absolute atomic E-state index is 6.43. The Bertz CT molecular complexity index is 7770. The summed E-state index contributed by atoms with van der Waals surface area (Å²) in [6.45, 7) is 0. The average Bonchev–Trinajstić information content (AvgIpc) is 1.53. The normalized spacial score (nSPS) is 12.9. The van der Waals surface area contributed by atoms with Crippen LogP contribution in [0.3, 0.4) is 0 Å². The molecule has 2 aliphatic carbocycles. The smallest absolute Gasteiger partial charge is 0.164 e. The van der Waals surface area contributed by atoms with Crippen LogP contribution < -0.4 is 0 Å². The van der Waals surface area contributed by atoms with Gasteiger partial charge in [-0.2, -0.15) is 0 Å². The third-order valence-electron chi connectivity index (χ3n) is 25.7. The van der Waals surface area contributed by atoms with E-state index >= 15 is 0 Å². The largest absolute Gasteiger partial charge is 0.456 e. The van der Waals surface area contributed by atoms with E-state index in [1.165, 1.54) is 98.1 Å². The van der Waals surface area contributed by atoms with E-state index in [0.717, 1.165) is 110 Å². The van der Waals surface area contributed by atoms with E-state index in [9.17, 15) is 0 Å². The van der Waals surface area contributed by atoms with E-state index in [-0.39, 0.29) is 0 Å². The first-order valence-corrected chi connectivity index (χ1v) is 43.3. The molecule has 0 saturated heterocycles. The molecule has 6 heterocycles. The minimum Gasteiger partial charge on any atom is -0.456 e. The van der Waals surface area contributed by atoms with Crippen LogP contribution in [0.2, 0.25) is 0 Å². The summed E-state index contributed by atoms with van der Waals surface area (Å²) in [6, 6.07) is 151. The highest BCUT2D eigenvalue weighted by Crippen LogP contribution is 2.59. The van der Waals surface area contributed by atoms with Gasteiger partial charge in [-0.1, -0.05) is 328 Å². The number of hydrogen-bond donors (Lipinski definition) is 0. The van der Waals surface area contributed by atoms with Gasteiger partial charge in [0.2, 0.25) is 0 Å². The molecule has 0 bridgehead atoms. The third kappa shape index (κ3) is 11.7. The van der Waals surface area contributed by atoms with Gasteiger partial charge in [0, 0.05) is 85.9 Å². The molecule has 26 rings (SSSR count). The van der Waals surface area contributed by atoms with Crippen LogP contribution in [0.1, 0.15) is 44.5 Å². The zero-order chi connectivity index (χ0) is 83.0. The van der Waals surface area contributed by atoms with E-state index in [1.54, 1.807) is 0 Å². The van der Waals surface area contributed by atoms with Gasteiger partial charge in [-0.25, -0.2) is 29.9 Å². The first-order valence-electron chi connectivity index (χ1n) is 42.5. The van der Waals surface area contributed by atoms with E-state index in [0.29, 0.717) is 34.9 Å². The molecule has 0 amide bonds. The topological polar surface area (TPSA) is 117 Å². The predicted molar refractivity (Wildman–Crippen MR) is 512 cm³/mol. The third-order valence-corrected chi connectivity index (χ3v) is 26.8. The summed E-state index contributed by atoms with van der Waals surface area (Å²) in [6.07, 6.45) is 0. The van der Waals surface area contributed by atoms with Crippen molar-refractivity contribution in [1.29, 1.82) is 0 Å². The van der Waals surface area contributed by atoms with Gasteiger partial charge in [0.05, 0.1) is 10.8 Å². The molecule has 6 aromatic heterocycles. The van der Waals surface area contributed by atoms with Crippen molar-refractivity contribution in [2.24, 2.45) is 0 Å². The van der Waals surface area contributed by atoms with Gasteiger partial charge < -0.3 is 13.3 Å². The zero-order valence-electron chi connectivity index (χ0n) is 67.7. The van der Waals surface area contributed by atoms with Gasteiger partial charge in [0.15, 0.2) is 34.9 Å². The van der Waals surface area contributed by atoms with Crippen molar-refractivity contribution in [2.75, 3.05) is 0 Å². The standard InChI is InChI=1S/C58H35N3O2.C58H35N3OS/c1-3-13-37(14-4-1)55-59-56(38-15-5-2-6-16-38)61-57(60-55)40-26-31-53-47(34-40)46-33-39(25-30-52(46)63-53)36-23-27-41(28-24-36)58(49-20-10-7-17-43(49)44-18-8-11-21-50(44)58)42-29-32-54-48(35-42)45-19-9-12-22-51(45)62-54;1-3-13-37(14-4-1)55-59-56(38-15-5-2-6-16-38)61-57(60-55)40-26-32-54-48(34-40)47-33-39(25-31-53(47)63-54)36-23-27-41(28-24-36)58(49-20-10-7-17-43(49)44-18-8-11-21-50(44)58)42-29-30-52-46(35-42)45-19-9-12-22-51(45)62-52/h2*1-35H. The Morgan fingerprint density at radius 1 is 0.167 bits per heavy atom. The molecule has 2 aliphatic rings. The number of fused-ring (bicyclic) bond motifs is 18. The molecule has 0 N–H and O–H groups in total. The fourth-order valence-electron chi connectivity index (χ4n) is 19.9. The van der Waals surface area contributed by atoms with Crippen LogP contribution in [-0.2, 0) is 10.8 Å². The zero-order valence-corrected chi connectivity index (χ0v) is 68.5. The molecule has 588 valence electrons. The van der Waals surface area contributed by atoms with Gasteiger partial charge in [-0.3, -0.25) is 0 Å². The van der Waals surface area contributed by atoms with Crippen LogP contribution in [0.5, 0.6) is 0 Å². The maximum atomic E-state index is 6.43. The summed E-state index contributed by atoms with van der Waals surface area (Å²) < 4.78 is 21.5. The predicted octanol–water partition coefficient (Wildman–Crippen LogP) is 29.9. The molecule has 10 heteroatoms. The van der Waals surface area contributed by atoms with Crippen molar-refractivity contribution in [3.8, 4) is 113 Å². The Morgan fingerprint density at radius 3 is 0.786 bits per heavy atom. The van der Waals surface area contributed by atoms with E-state index < -0.39 is 10.8 Å². The SMILES string of the molecule is c1ccc(-c2nc(-c3ccccc3)nc(-c3ccc4oc5ccc(-c6ccc(C7(c8ccc9oc%10ccccc%10c9c8)c8ccccc8-c8ccccc87)cc6)cc5c4c3)n2)cc1.c1ccc(-c2nc(-c3ccccc3)nc(-c3ccc4sc5ccc(-c6ccc(C7(c8ccc9oc%10ccccc%10c9c8)c8ccccc8-c8ccccc87)cc6)cc5c4c3)n2)cc1. The molecule has 0 atom stereocenters. The van der Waals surface area contributed by atoms with Gasteiger partial charge in [0.25, 0.3) is 0 Å². The maximum Gasteiger partial charge on any atom is 0.164 e. The fourth-order valence-corrected chi connectivity index (χ4v) is 20.9. The highest BCUT2D eigenvalue weighted by atomic mass is 32.1. The second kappa shape index (κ2) is 29.2. The average molecular weight is 1630 g/mol. The molecule has 0 fully saturated rings. The number of nitrogens with zero attached hydrogens (tertiary/aromatic N) is 6. The van der Waals surface area contributed by atoms with Crippen molar-refractivity contribution < 1.29 is 13.3 Å². The van der Waals surface area contributed by atoms with Crippen LogP contribution in [0.4, 0.5) is 0 Å². The van der Waals surface area contributed by atoms with Crippen molar-refractivity contribution in [2.45, 2.75) is 10.8 Å². The van der Waals surface area contributed by atoms with Gasteiger partial charge >= 0.3 is 0 Å². The van der Waals surface area contributed by atoms with Gasteiger partial charge in [-0.05, 0) is 186 Å². The number of hydrogen-bond acceptors (Lipinski definition) is 10. The molecule has 18 aromatic carbocycles. The lowest BCUT2D eigenvalue weighted by atomic mass is 9.67. The lowest BCUT2D eigenvalue weighted by Gasteiger charge is -2.34. The highest BCUT2D eigenvalue weighted by molar-refractivity contribution is 7.25. The number of thiophene rings is 1. The van der Waals surface area contributed by atoms with Crippen molar-refractivity contribution in [3.63, 3.8) is 0 Å². The molecule has 9 nitrogen and oxygen atoms in total. The Morgan fingerprint density at radius 2 is 0.413 bits per heavy atom. The van der Waals surface area contributed by atoms with E-state index in [4.69, 9.17) is 43.2 Å². The molecular formula is C116H70N6O3S. The Hall–Kier alpha value is -16.4. The van der Waals surface area contributed by atoms with Crippen molar-refractivity contribution in [3.05, 3.63) is 469 Å². The monoisotopic (exact) mass is 1630 g/mol. The molecular weight excluding hydrogens is 1560 g/mol. The van der Waals surface area contributed by atoms with Gasteiger partial charge in [-0.15, -0.1) is 11.3 Å². The van der Waals surface area contributed by atoms with E-state index in [2.05, 4.69) is 273 Å². The van der Waals surface area contributed by atoms with Crippen LogP contribution in [0, 0.1) is 0 Å². The molecule has 0 saturated carbocycles. The molecule has 0 spiro atoms. The summed E-state index contributed by atoms with van der Waals surface area (Å²) >= 11 is 1.81. The molecule has 126 heavy (non-hydrogen) atoms. The van der Waals surface area contributed by atoms with Crippen LogP contribution in [-0.4, -0.2) is 29.9 Å². The fraction of sp³-hybridized carbons (Fsp3) is 0.0172. The lowest BCUT2D eigenvalue weighted by molar-refractivity contribution is 0.667. The van der Waals surface area contributed by atoms with Crippen LogP contribution >= 0.6 is 11.3 Å². The molecule has 0 aliphatic heterocycles. The lowest BCUT2D eigenvalue weighted by Crippen LogP contribution is -2.28. The summed E-state index contributed by atoms with van der Waals surface area (Å²) in [7, 11) is 0. The van der Waals surface area contributed by atoms with Crippen LogP contribution in [0.15, 0.2) is 438 Å². The number of rotatable bonds is 12. The summed E-state index contributed by atoms with van der Waals surface area (Å²) in [5, 5.41) is 8.94. The van der Waals surface area contributed by atoms with Crippen LogP contribution in [0.25, 0.3) is 199 Å². The second-order valence-electron chi connectivity index (χ2n) is 32.6. The minimum absolute atomic E-state index is 0.530. The Balaban J connectivity index is 0.000000137. The number of para-hydroxylation sites is 2. The van der Waals surface area contributed by atoms with Crippen molar-refractivity contribution in [1.82, 2.24) is 29.9 Å². The number of aromatic nitrogens is 6. The first kappa shape index (κ1) is 72.4. The minimum atomic E-state index is -0.546. The highest BCUT2D eigenvalue weighted by Gasteiger charge is 2.48. The molecule has 0 unspecified atom stereocenters. The number of benzene rings is 18. The molecule has 24 aromatic rings. The van der Waals surface area contributed by atoms with Gasteiger partial charge in [0.1, 0.15) is 33.5 Å². The van der Waals surface area contributed by atoms with E-state index in [1.807, 2.05) is 163 Å². The first-order chi connectivity index (χ1) is 62.4. The summed E-state index contributed by atoms with van der Waals surface area (Å²) in [5.74, 6) is 3.83. The quantitative estimate of drug-likeness (QED) is 0.118. The van der Waals surface area contributed by atoms with Crippen molar-refractivity contribution >= 4 is 97.3 Å².